The second kappa shape index (κ2) is 11.2. The fourth-order valence-electron chi connectivity index (χ4n) is 3.10. The van der Waals surface area contributed by atoms with Crippen LogP contribution in [0.3, 0.4) is 0 Å². The van der Waals surface area contributed by atoms with Crippen LogP contribution >= 0.6 is 23.7 Å². The fraction of sp³-hybridized carbons (Fsp3) is 0.400. The Labute approximate surface area is 175 Å². The largest absolute Gasteiger partial charge is 0.378 e. The third-order valence-electron chi connectivity index (χ3n) is 4.62. The molecule has 0 aliphatic carbocycles. The summed E-state index contributed by atoms with van der Waals surface area (Å²) in [6, 6.07) is 8.92. The number of nitrogens with two attached hydrogens (primary N) is 1. The van der Waals surface area contributed by atoms with Gasteiger partial charge in [-0.2, -0.15) is 11.3 Å². The molecule has 0 saturated carbocycles. The maximum absolute atomic E-state index is 13.0. The molecule has 0 atom stereocenters. The number of amides is 2. The number of piperidine rings is 1. The van der Waals surface area contributed by atoms with Gasteiger partial charge in [-0.3, -0.25) is 9.59 Å². The van der Waals surface area contributed by atoms with Gasteiger partial charge in [0.2, 0.25) is 0 Å². The Morgan fingerprint density at radius 2 is 1.96 bits per heavy atom. The summed E-state index contributed by atoms with van der Waals surface area (Å²) >= 11 is 1.46. The number of anilines is 1. The molecular weight excluding hydrogens is 398 g/mol. The van der Waals surface area contributed by atoms with Gasteiger partial charge < -0.3 is 20.7 Å². The molecule has 1 aliphatic heterocycles. The van der Waals surface area contributed by atoms with Gasteiger partial charge >= 0.3 is 0 Å². The fourth-order valence-corrected chi connectivity index (χ4v) is 3.73. The quantitative estimate of drug-likeness (QED) is 0.668. The zero-order chi connectivity index (χ0) is 19.1. The number of hydrogen-bond donors (Lipinski definition) is 2. The second-order valence-electron chi connectivity index (χ2n) is 6.52. The molecule has 0 spiro atoms. The molecule has 2 amide bonds. The smallest absolute Gasteiger partial charge is 0.256 e. The lowest BCUT2D eigenvalue weighted by Gasteiger charge is -2.32. The first-order chi connectivity index (χ1) is 13.2. The summed E-state index contributed by atoms with van der Waals surface area (Å²) in [7, 11) is 0. The third kappa shape index (κ3) is 5.78. The number of rotatable bonds is 7. The van der Waals surface area contributed by atoms with E-state index in [0.29, 0.717) is 43.1 Å². The predicted octanol–water partition coefficient (Wildman–Crippen LogP) is 3.39. The van der Waals surface area contributed by atoms with Crippen molar-refractivity contribution in [3.63, 3.8) is 0 Å². The molecule has 1 aromatic heterocycles. The molecular formula is C20H26ClN3O3S. The normalized spacial score (nSPS) is 14.4. The van der Waals surface area contributed by atoms with Crippen LogP contribution in [0.2, 0.25) is 0 Å². The molecule has 2 heterocycles. The van der Waals surface area contributed by atoms with Gasteiger partial charge in [0.1, 0.15) is 0 Å². The highest BCUT2D eigenvalue weighted by atomic mass is 35.5. The van der Waals surface area contributed by atoms with E-state index >= 15 is 0 Å². The topological polar surface area (TPSA) is 84.7 Å². The summed E-state index contributed by atoms with van der Waals surface area (Å²) in [5.41, 5.74) is 7.14. The zero-order valence-electron chi connectivity index (χ0n) is 15.6. The van der Waals surface area contributed by atoms with E-state index < -0.39 is 0 Å². The molecule has 3 rings (SSSR count). The van der Waals surface area contributed by atoms with E-state index in [4.69, 9.17) is 10.5 Å². The van der Waals surface area contributed by atoms with Gasteiger partial charge in [-0.25, -0.2) is 0 Å². The lowest BCUT2D eigenvalue weighted by atomic mass is 10.1. The average Bonchev–Trinajstić information content (AvgIpc) is 3.24. The van der Waals surface area contributed by atoms with Gasteiger partial charge in [0.15, 0.2) is 0 Å². The van der Waals surface area contributed by atoms with Crippen LogP contribution in [0, 0.1) is 0 Å². The molecule has 2 aromatic rings. The number of benzene rings is 1. The van der Waals surface area contributed by atoms with Crippen LogP contribution in [0.5, 0.6) is 0 Å². The van der Waals surface area contributed by atoms with Gasteiger partial charge in [-0.1, -0.05) is 12.1 Å². The van der Waals surface area contributed by atoms with E-state index in [1.807, 2.05) is 22.4 Å². The van der Waals surface area contributed by atoms with Gasteiger partial charge in [0.05, 0.1) is 22.9 Å². The number of nitrogens with one attached hydrogen (secondary N) is 1. The highest BCUT2D eigenvalue weighted by Gasteiger charge is 2.25. The Balaban J connectivity index is 0.00000280. The standard InChI is InChI=1S/C20H25N3O3S.ClH/c21-9-3-12-26-16-6-10-23(11-7-16)20(25)17-4-1-2-5-18(17)22-19(24)15-8-13-27-14-15;/h1-2,4-5,8,13-14,16H,3,6-7,9-12,21H2,(H,22,24);1H. The van der Waals surface area contributed by atoms with Crippen molar-refractivity contribution in [2.45, 2.75) is 25.4 Å². The Morgan fingerprint density at radius 3 is 2.64 bits per heavy atom. The molecule has 28 heavy (non-hydrogen) atoms. The number of carbonyl (C=O) groups excluding carboxylic acids is 2. The van der Waals surface area contributed by atoms with E-state index in [-0.39, 0.29) is 30.3 Å². The van der Waals surface area contributed by atoms with Gasteiger partial charge in [-0.15, -0.1) is 12.4 Å². The maximum Gasteiger partial charge on any atom is 0.256 e. The van der Waals surface area contributed by atoms with Crippen molar-refractivity contribution in [3.8, 4) is 0 Å². The van der Waals surface area contributed by atoms with Crippen molar-refractivity contribution in [1.82, 2.24) is 4.90 Å². The lowest BCUT2D eigenvalue weighted by molar-refractivity contribution is 0.00847. The monoisotopic (exact) mass is 423 g/mol. The highest BCUT2D eigenvalue weighted by Crippen LogP contribution is 2.22. The predicted molar refractivity (Wildman–Crippen MR) is 115 cm³/mol. The Kier molecular flexibility index (Phi) is 8.92. The molecule has 1 aliphatic rings. The second-order valence-corrected chi connectivity index (χ2v) is 7.30. The van der Waals surface area contributed by atoms with Crippen molar-refractivity contribution in [3.05, 3.63) is 52.2 Å². The van der Waals surface area contributed by atoms with Crippen molar-refractivity contribution in [2.24, 2.45) is 5.73 Å². The van der Waals surface area contributed by atoms with Crippen molar-refractivity contribution in [1.29, 1.82) is 0 Å². The molecule has 0 radical (unpaired) electrons. The van der Waals surface area contributed by atoms with Crippen molar-refractivity contribution in [2.75, 3.05) is 31.6 Å². The molecule has 152 valence electrons. The Bertz CT molecular complexity index is 762. The summed E-state index contributed by atoms with van der Waals surface area (Å²) in [6.07, 6.45) is 2.68. The van der Waals surface area contributed by atoms with Crippen molar-refractivity contribution >= 4 is 41.2 Å². The third-order valence-corrected chi connectivity index (χ3v) is 5.30. The van der Waals surface area contributed by atoms with Crippen LogP contribution in [0.15, 0.2) is 41.1 Å². The van der Waals surface area contributed by atoms with Crippen LogP contribution < -0.4 is 11.1 Å². The minimum Gasteiger partial charge on any atom is -0.378 e. The number of ether oxygens (including phenoxy) is 1. The molecule has 3 N–H and O–H groups in total. The number of thiophene rings is 1. The first kappa shape index (κ1) is 22.4. The Hall–Kier alpha value is -1.93. The number of likely N-dealkylation sites (tertiary alicyclic amines) is 1. The molecule has 1 fully saturated rings. The number of halogens is 1. The minimum atomic E-state index is -0.205. The van der Waals surface area contributed by atoms with Crippen molar-refractivity contribution < 1.29 is 14.3 Å². The van der Waals surface area contributed by atoms with Crippen LogP contribution in [0.4, 0.5) is 5.69 Å². The Morgan fingerprint density at radius 1 is 1.21 bits per heavy atom. The molecule has 0 bridgehead atoms. The molecule has 8 heteroatoms. The first-order valence-electron chi connectivity index (χ1n) is 9.22. The van der Waals surface area contributed by atoms with E-state index in [2.05, 4.69) is 5.32 Å². The SMILES string of the molecule is Cl.NCCCOC1CCN(C(=O)c2ccccc2NC(=O)c2ccsc2)CC1. The molecule has 0 unspecified atom stereocenters. The molecule has 6 nitrogen and oxygen atoms in total. The number of hydrogen-bond acceptors (Lipinski definition) is 5. The highest BCUT2D eigenvalue weighted by molar-refractivity contribution is 7.08. The summed E-state index contributed by atoms with van der Waals surface area (Å²) in [4.78, 5) is 27.1. The number of carbonyl (C=O) groups is 2. The summed E-state index contributed by atoms with van der Waals surface area (Å²) < 4.78 is 5.80. The number of para-hydroxylation sites is 1. The van der Waals surface area contributed by atoms with E-state index in [1.54, 1.807) is 23.6 Å². The molecule has 1 saturated heterocycles. The first-order valence-corrected chi connectivity index (χ1v) is 10.2. The lowest BCUT2D eigenvalue weighted by Crippen LogP contribution is -2.41. The van der Waals surface area contributed by atoms with Crippen LogP contribution in [-0.4, -0.2) is 49.1 Å². The summed E-state index contributed by atoms with van der Waals surface area (Å²) in [5, 5.41) is 6.50. The van der Waals surface area contributed by atoms with Gasteiger partial charge in [0, 0.05) is 25.1 Å². The minimum absolute atomic E-state index is 0. The molecule has 1 aromatic carbocycles. The zero-order valence-corrected chi connectivity index (χ0v) is 17.3. The van der Waals surface area contributed by atoms with Crippen LogP contribution in [-0.2, 0) is 4.74 Å². The average molecular weight is 424 g/mol. The van der Waals surface area contributed by atoms with E-state index in [1.165, 1.54) is 11.3 Å². The van der Waals surface area contributed by atoms with Crippen LogP contribution in [0.1, 0.15) is 40.0 Å². The number of nitrogens with zero attached hydrogens (tertiary/aromatic N) is 1. The van der Waals surface area contributed by atoms with Gasteiger partial charge in [0.25, 0.3) is 11.8 Å². The van der Waals surface area contributed by atoms with Gasteiger partial charge in [-0.05, 0) is 49.4 Å². The maximum atomic E-state index is 13.0. The van der Waals surface area contributed by atoms with Crippen LogP contribution in [0.25, 0.3) is 0 Å². The summed E-state index contributed by atoms with van der Waals surface area (Å²) in [5.74, 6) is -0.264. The van der Waals surface area contributed by atoms with E-state index in [9.17, 15) is 9.59 Å². The summed E-state index contributed by atoms with van der Waals surface area (Å²) in [6.45, 7) is 2.61. The van der Waals surface area contributed by atoms with E-state index in [0.717, 1.165) is 19.3 Å².